The number of aryl methyl sites for hydroxylation is 1. The Morgan fingerprint density at radius 1 is 1.03 bits per heavy atom. The van der Waals surface area contributed by atoms with Gasteiger partial charge in [0.15, 0.2) is 17.5 Å². The van der Waals surface area contributed by atoms with Crippen molar-refractivity contribution >= 4 is 40.9 Å². The van der Waals surface area contributed by atoms with Gasteiger partial charge in [-0.2, -0.15) is 0 Å². The third kappa shape index (κ3) is 5.56. The highest BCUT2D eigenvalue weighted by Crippen LogP contribution is 2.28. The zero-order chi connectivity index (χ0) is 19.9. The van der Waals surface area contributed by atoms with Crippen LogP contribution >= 0.6 is 24.0 Å². The number of methoxy groups -OCH3 is 2. The highest BCUT2D eigenvalue weighted by atomic mass is 127. The van der Waals surface area contributed by atoms with Gasteiger partial charge in [-0.1, -0.05) is 24.3 Å². The van der Waals surface area contributed by atoms with Gasteiger partial charge in [0.25, 0.3) is 0 Å². The first-order valence-electron chi connectivity index (χ1n) is 9.36. The molecule has 1 aromatic heterocycles. The van der Waals surface area contributed by atoms with E-state index in [0.29, 0.717) is 24.6 Å². The molecule has 0 radical (unpaired) electrons. The topological polar surface area (TPSA) is 68.0 Å². The lowest BCUT2D eigenvalue weighted by Gasteiger charge is -2.12. The molecule has 6 nitrogen and oxygen atoms in total. The van der Waals surface area contributed by atoms with Crippen molar-refractivity contribution in [3.63, 3.8) is 0 Å². The molecule has 0 amide bonds. The van der Waals surface area contributed by atoms with Gasteiger partial charge >= 0.3 is 0 Å². The van der Waals surface area contributed by atoms with Crippen molar-refractivity contribution in [1.29, 1.82) is 0 Å². The number of hydrogen-bond donors (Lipinski definition) is 2. The van der Waals surface area contributed by atoms with Gasteiger partial charge in [0, 0.05) is 17.5 Å². The molecule has 3 rings (SSSR count). The fourth-order valence-electron chi connectivity index (χ4n) is 3.05. The molecule has 2 N–H and O–H groups in total. The minimum Gasteiger partial charge on any atom is -0.493 e. The number of hydrogen-bond acceptors (Lipinski definition) is 4. The first-order chi connectivity index (χ1) is 13.7. The third-order valence-corrected chi connectivity index (χ3v) is 4.57. The van der Waals surface area contributed by atoms with Crippen molar-refractivity contribution in [2.45, 2.75) is 26.9 Å². The van der Waals surface area contributed by atoms with E-state index >= 15 is 0 Å². The Balaban J connectivity index is 0.00000300. The van der Waals surface area contributed by atoms with Crippen molar-refractivity contribution in [3.8, 4) is 11.5 Å². The molecular weight excluding hydrogens is 481 g/mol. The van der Waals surface area contributed by atoms with Crippen LogP contribution in [0.25, 0.3) is 11.0 Å². The lowest BCUT2D eigenvalue weighted by Crippen LogP contribution is -2.36. The van der Waals surface area contributed by atoms with Crippen LogP contribution < -0.4 is 20.1 Å². The molecule has 156 valence electrons. The summed E-state index contributed by atoms with van der Waals surface area (Å²) in [5.41, 5.74) is 3.10. The third-order valence-electron chi connectivity index (χ3n) is 4.57. The number of para-hydroxylation sites is 1. The quantitative estimate of drug-likeness (QED) is 0.276. The van der Waals surface area contributed by atoms with E-state index < -0.39 is 0 Å². The minimum absolute atomic E-state index is 0. The summed E-state index contributed by atoms with van der Waals surface area (Å²) in [6, 6.07) is 13.9. The van der Waals surface area contributed by atoms with Crippen LogP contribution in [0.3, 0.4) is 0 Å². The molecular formula is C22H28IN3O3. The molecule has 0 saturated carbocycles. The summed E-state index contributed by atoms with van der Waals surface area (Å²) < 4.78 is 16.6. The second-order valence-corrected chi connectivity index (χ2v) is 6.38. The molecule has 0 bridgehead atoms. The zero-order valence-corrected chi connectivity index (χ0v) is 19.6. The minimum atomic E-state index is 0. The number of ether oxygens (including phenoxy) is 2. The Morgan fingerprint density at radius 3 is 2.48 bits per heavy atom. The lowest BCUT2D eigenvalue weighted by atomic mass is 10.1. The maximum absolute atomic E-state index is 5.97. The van der Waals surface area contributed by atoms with Gasteiger partial charge in [-0.05, 0) is 37.6 Å². The molecule has 0 aliphatic heterocycles. The van der Waals surface area contributed by atoms with Crippen LogP contribution in [0.4, 0.5) is 0 Å². The lowest BCUT2D eigenvalue weighted by molar-refractivity contribution is 0.354. The van der Waals surface area contributed by atoms with Crippen molar-refractivity contribution < 1.29 is 13.9 Å². The molecule has 0 atom stereocenters. The monoisotopic (exact) mass is 509 g/mol. The van der Waals surface area contributed by atoms with Crippen molar-refractivity contribution in [1.82, 2.24) is 10.6 Å². The van der Waals surface area contributed by atoms with Crippen LogP contribution in [-0.2, 0) is 13.1 Å². The number of benzene rings is 2. The largest absolute Gasteiger partial charge is 0.493 e. The maximum Gasteiger partial charge on any atom is 0.191 e. The number of nitrogens with one attached hydrogen (secondary N) is 2. The predicted molar refractivity (Wildman–Crippen MR) is 128 cm³/mol. The highest BCUT2D eigenvalue weighted by Gasteiger charge is 2.10. The average molecular weight is 509 g/mol. The highest BCUT2D eigenvalue weighted by molar-refractivity contribution is 14.0. The SMILES string of the molecule is CCNC(=NCc1ccc(OC)c(OC)c1)NCc1oc2ccccc2c1C.I. The second kappa shape index (κ2) is 10.9. The normalized spacial score (nSPS) is 11.1. The standard InChI is InChI=1S/C22H27N3O3.HI/c1-5-23-22(24-13-16-10-11-19(26-3)20(12-16)27-4)25-14-21-15(2)17-8-6-7-9-18(17)28-21;/h6-12H,5,13-14H2,1-4H3,(H2,23,24,25);1H. The molecule has 0 unspecified atom stereocenters. The molecule has 7 heteroatoms. The molecule has 0 saturated heterocycles. The summed E-state index contributed by atoms with van der Waals surface area (Å²) in [6.45, 7) is 5.99. The van der Waals surface area contributed by atoms with Crippen LogP contribution in [0.2, 0.25) is 0 Å². The van der Waals surface area contributed by atoms with E-state index in [9.17, 15) is 0 Å². The average Bonchev–Trinajstić information content (AvgIpc) is 3.05. The van der Waals surface area contributed by atoms with Gasteiger partial charge in [0.1, 0.15) is 11.3 Å². The summed E-state index contributed by atoms with van der Waals surface area (Å²) in [5.74, 6) is 3.06. The van der Waals surface area contributed by atoms with Gasteiger partial charge in [-0.15, -0.1) is 24.0 Å². The molecule has 0 aliphatic rings. The van der Waals surface area contributed by atoms with E-state index in [2.05, 4.69) is 28.6 Å². The second-order valence-electron chi connectivity index (χ2n) is 6.38. The van der Waals surface area contributed by atoms with Gasteiger partial charge in [-0.3, -0.25) is 0 Å². The number of fused-ring (bicyclic) bond motifs is 1. The smallest absolute Gasteiger partial charge is 0.191 e. The predicted octanol–water partition coefficient (Wildman–Crippen LogP) is 4.63. The first kappa shape index (κ1) is 22.9. The number of guanidine groups is 1. The summed E-state index contributed by atoms with van der Waals surface area (Å²) in [7, 11) is 3.26. The van der Waals surface area contributed by atoms with Crippen LogP contribution in [-0.4, -0.2) is 26.7 Å². The number of rotatable bonds is 7. The Hall–Kier alpha value is -2.42. The number of nitrogens with zero attached hydrogens (tertiary/aromatic N) is 1. The van der Waals surface area contributed by atoms with Crippen LogP contribution in [0.15, 0.2) is 51.9 Å². The Labute approximate surface area is 188 Å². The van der Waals surface area contributed by atoms with Gasteiger partial charge in [0.2, 0.25) is 0 Å². The van der Waals surface area contributed by atoms with Crippen molar-refractivity contribution in [2.24, 2.45) is 4.99 Å². The zero-order valence-electron chi connectivity index (χ0n) is 17.2. The number of aliphatic imine (C=N–C) groups is 1. The fraction of sp³-hybridized carbons (Fsp3) is 0.318. The van der Waals surface area contributed by atoms with E-state index in [0.717, 1.165) is 40.4 Å². The Bertz CT molecular complexity index is 969. The molecule has 1 heterocycles. The van der Waals surface area contributed by atoms with E-state index in [1.807, 2.05) is 43.3 Å². The molecule has 3 aromatic rings. The van der Waals surface area contributed by atoms with Crippen molar-refractivity contribution in [2.75, 3.05) is 20.8 Å². The molecule has 29 heavy (non-hydrogen) atoms. The Kier molecular flexibility index (Phi) is 8.63. The molecule has 0 fully saturated rings. The molecule has 0 aliphatic carbocycles. The van der Waals surface area contributed by atoms with E-state index in [-0.39, 0.29) is 24.0 Å². The van der Waals surface area contributed by atoms with Crippen LogP contribution in [0.1, 0.15) is 23.8 Å². The Morgan fingerprint density at radius 2 is 1.79 bits per heavy atom. The number of furan rings is 1. The summed E-state index contributed by atoms with van der Waals surface area (Å²) in [4.78, 5) is 4.67. The molecule has 0 spiro atoms. The van der Waals surface area contributed by atoms with E-state index in [1.54, 1.807) is 14.2 Å². The van der Waals surface area contributed by atoms with E-state index in [4.69, 9.17) is 13.9 Å². The maximum atomic E-state index is 5.97. The van der Waals surface area contributed by atoms with E-state index in [1.165, 1.54) is 0 Å². The van der Waals surface area contributed by atoms with Gasteiger partial charge < -0.3 is 24.5 Å². The van der Waals surface area contributed by atoms with Crippen molar-refractivity contribution in [3.05, 3.63) is 59.4 Å². The number of halogens is 1. The fourth-order valence-corrected chi connectivity index (χ4v) is 3.05. The molecule has 2 aromatic carbocycles. The van der Waals surface area contributed by atoms with Gasteiger partial charge in [-0.25, -0.2) is 4.99 Å². The van der Waals surface area contributed by atoms with Crippen LogP contribution in [0, 0.1) is 6.92 Å². The summed E-state index contributed by atoms with van der Waals surface area (Å²) in [6.07, 6.45) is 0. The summed E-state index contributed by atoms with van der Waals surface area (Å²) >= 11 is 0. The summed E-state index contributed by atoms with van der Waals surface area (Å²) in [5, 5.41) is 7.76. The van der Waals surface area contributed by atoms with Gasteiger partial charge in [0.05, 0.1) is 27.3 Å². The van der Waals surface area contributed by atoms with Crippen LogP contribution in [0.5, 0.6) is 11.5 Å². The first-order valence-corrected chi connectivity index (χ1v) is 9.36.